The summed E-state index contributed by atoms with van der Waals surface area (Å²) in [4.78, 5) is 40.5. The Hall–Kier alpha value is -3.65. The fraction of sp³-hybridized carbons (Fsp3) is 0.433. The van der Waals surface area contributed by atoms with Gasteiger partial charge >= 0.3 is 0 Å². The van der Waals surface area contributed by atoms with Crippen LogP contribution in [0.4, 0.5) is 0 Å². The molecular weight excluding hydrogens is 480 g/mol. The number of ether oxygens (including phenoxy) is 1. The average Bonchev–Trinajstić information content (AvgIpc) is 2.91. The van der Waals surface area contributed by atoms with Gasteiger partial charge in [-0.15, -0.1) is 0 Å². The summed E-state index contributed by atoms with van der Waals surface area (Å²) in [7, 11) is 1.73. The van der Waals surface area contributed by atoms with Gasteiger partial charge in [0, 0.05) is 6.20 Å². The molecular formula is C30H40N4O4. The number of benzene rings is 2. The van der Waals surface area contributed by atoms with Crippen LogP contribution in [0, 0.1) is 11.8 Å². The molecule has 2 aliphatic rings. The van der Waals surface area contributed by atoms with Crippen molar-refractivity contribution in [3.05, 3.63) is 71.9 Å². The number of likely N-dealkylation sites (N-methyl/N-ethyl adjacent to an activating group) is 1. The highest BCUT2D eigenvalue weighted by Crippen LogP contribution is 2.27. The summed E-state index contributed by atoms with van der Waals surface area (Å²) in [5.41, 5.74) is 1.60. The molecule has 8 heteroatoms. The van der Waals surface area contributed by atoms with E-state index in [4.69, 9.17) is 4.74 Å². The highest BCUT2D eigenvalue weighted by atomic mass is 16.5. The summed E-state index contributed by atoms with van der Waals surface area (Å²) in [5.74, 6) is -0.396. The van der Waals surface area contributed by atoms with Crippen molar-refractivity contribution in [1.29, 1.82) is 0 Å². The van der Waals surface area contributed by atoms with Crippen LogP contribution in [-0.2, 0) is 14.4 Å². The van der Waals surface area contributed by atoms with E-state index in [-0.39, 0.29) is 23.7 Å². The van der Waals surface area contributed by atoms with Gasteiger partial charge in [-0.05, 0) is 54.6 Å². The van der Waals surface area contributed by atoms with Crippen LogP contribution in [0.15, 0.2) is 60.8 Å². The van der Waals surface area contributed by atoms with Crippen molar-refractivity contribution in [3.8, 4) is 5.75 Å². The van der Waals surface area contributed by atoms with Gasteiger partial charge in [0.1, 0.15) is 17.8 Å². The normalized spacial score (nSPS) is 21.6. The van der Waals surface area contributed by atoms with Crippen molar-refractivity contribution in [2.75, 3.05) is 7.05 Å². The second-order valence-electron chi connectivity index (χ2n) is 10.2. The molecule has 204 valence electrons. The second-order valence-corrected chi connectivity index (χ2v) is 10.2. The molecule has 0 aliphatic carbocycles. The first-order chi connectivity index (χ1) is 18.2. The lowest BCUT2D eigenvalue weighted by Gasteiger charge is -2.32. The summed E-state index contributed by atoms with van der Waals surface area (Å²) in [6.45, 7) is 7.97. The number of hydrogen-bond donors (Lipinski definition) is 4. The van der Waals surface area contributed by atoms with Gasteiger partial charge < -0.3 is 26.0 Å². The molecule has 8 nitrogen and oxygen atoms in total. The lowest BCUT2D eigenvalue weighted by molar-refractivity contribution is -0.135. The third-order valence-electron chi connectivity index (χ3n) is 6.80. The van der Waals surface area contributed by atoms with Crippen LogP contribution >= 0.6 is 0 Å². The van der Waals surface area contributed by atoms with Crippen molar-refractivity contribution >= 4 is 23.8 Å². The van der Waals surface area contributed by atoms with Crippen LogP contribution in [0.5, 0.6) is 5.75 Å². The fourth-order valence-electron chi connectivity index (χ4n) is 4.49. The summed E-state index contributed by atoms with van der Waals surface area (Å²) in [6, 6.07) is 14.3. The number of amides is 3. The monoisotopic (exact) mass is 520 g/mol. The maximum Gasteiger partial charge on any atom is 0.247 e. The molecule has 0 saturated heterocycles. The zero-order valence-electron chi connectivity index (χ0n) is 22.9. The lowest BCUT2D eigenvalue weighted by Crippen LogP contribution is -2.59. The molecule has 5 unspecified atom stereocenters. The molecule has 0 fully saturated rings. The summed E-state index contributed by atoms with van der Waals surface area (Å²) in [6.07, 6.45) is 3.72. The van der Waals surface area contributed by atoms with Crippen LogP contribution in [0.3, 0.4) is 0 Å². The molecule has 2 aromatic rings. The van der Waals surface area contributed by atoms with Crippen LogP contribution in [-0.4, -0.2) is 42.9 Å². The van der Waals surface area contributed by atoms with Gasteiger partial charge in [-0.2, -0.15) is 0 Å². The first-order valence-electron chi connectivity index (χ1n) is 13.3. The van der Waals surface area contributed by atoms with E-state index < -0.39 is 30.1 Å². The largest absolute Gasteiger partial charge is 0.483 e. The summed E-state index contributed by atoms with van der Waals surface area (Å²) >= 11 is 0. The van der Waals surface area contributed by atoms with Gasteiger partial charge in [-0.1, -0.05) is 76.6 Å². The van der Waals surface area contributed by atoms with Crippen molar-refractivity contribution in [3.63, 3.8) is 0 Å². The zero-order chi connectivity index (χ0) is 27.7. The maximum absolute atomic E-state index is 13.9. The topological polar surface area (TPSA) is 109 Å². The Labute approximate surface area is 225 Å². The van der Waals surface area contributed by atoms with Gasteiger partial charge in [0.05, 0.1) is 6.04 Å². The predicted molar refractivity (Wildman–Crippen MR) is 149 cm³/mol. The molecule has 0 radical (unpaired) electrons. The van der Waals surface area contributed by atoms with E-state index >= 15 is 0 Å². The number of nitrogens with one attached hydrogen (secondary N) is 4. The molecule has 3 amide bonds. The Morgan fingerprint density at radius 2 is 1.68 bits per heavy atom. The molecule has 2 aromatic carbocycles. The molecule has 2 heterocycles. The Bertz CT molecular complexity index is 1100. The first kappa shape index (κ1) is 28.9. The number of fused-ring (bicyclic) bond motifs is 10. The molecule has 5 atom stereocenters. The minimum absolute atomic E-state index is 0.0384. The van der Waals surface area contributed by atoms with Crippen LogP contribution in [0.2, 0.25) is 0 Å². The number of carbonyl (C=O) groups excluding carboxylic acids is 3. The van der Waals surface area contributed by atoms with E-state index in [2.05, 4.69) is 21.3 Å². The number of rotatable bonds is 8. The lowest BCUT2D eigenvalue weighted by atomic mass is 9.96. The van der Waals surface area contributed by atoms with Gasteiger partial charge in [0.15, 0.2) is 6.10 Å². The summed E-state index contributed by atoms with van der Waals surface area (Å²) < 4.78 is 6.40. The van der Waals surface area contributed by atoms with Gasteiger partial charge in [-0.3, -0.25) is 14.4 Å². The van der Waals surface area contributed by atoms with E-state index in [1.807, 2.05) is 70.2 Å². The molecule has 4 rings (SSSR count). The van der Waals surface area contributed by atoms with Crippen molar-refractivity contribution < 1.29 is 19.1 Å². The Kier molecular flexibility index (Phi) is 10.5. The van der Waals surface area contributed by atoms with E-state index in [1.54, 1.807) is 31.5 Å². The average molecular weight is 521 g/mol. The zero-order valence-corrected chi connectivity index (χ0v) is 22.9. The number of hydrogen-bond acceptors (Lipinski definition) is 5. The van der Waals surface area contributed by atoms with E-state index in [0.29, 0.717) is 12.2 Å². The Balaban J connectivity index is 2.09. The molecule has 0 aromatic heterocycles. The minimum Gasteiger partial charge on any atom is -0.483 e. The molecule has 4 N–H and O–H groups in total. The smallest absolute Gasteiger partial charge is 0.247 e. The van der Waals surface area contributed by atoms with Gasteiger partial charge in [0.2, 0.25) is 17.7 Å². The Morgan fingerprint density at radius 1 is 1.00 bits per heavy atom. The maximum atomic E-state index is 13.9. The predicted octanol–water partition coefficient (Wildman–Crippen LogP) is 3.56. The Morgan fingerprint density at radius 3 is 2.29 bits per heavy atom. The quantitative estimate of drug-likeness (QED) is 0.426. The third-order valence-corrected chi connectivity index (χ3v) is 6.80. The van der Waals surface area contributed by atoms with Crippen LogP contribution in [0.1, 0.15) is 57.8 Å². The van der Waals surface area contributed by atoms with Crippen molar-refractivity contribution in [2.24, 2.45) is 11.8 Å². The first-order valence-corrected chi connectivity index (χ1v) is 13.3. The van der Waals surface area contributed by atoms with E-state index in [1.165, 1.54) is 0 Å². The highest BCUT2D eigenvalue weighted by Gasteiger charge is 2.37. The van der Waals surface area contributed by atoms with E-state index in [9.17, 15) is 14.4 Å². The van der Waals surface area contributed by atoms with Crippen molar-refractivity contribution in [1.82, 2.24) is 21.3 Å². The molecule has 0 saturated carbocycles. The standard InChI is InChI=1S/C30H40N4O4/c1-6-20(4)25(31-5)29(36)34-26-27(22-10-8-7-9-11-22)38-23-14-12-21(13-15-23)16-17-32-28(35)24(18-19(2)3)33-30(26)37/h7-17,19-20,24-27,31H,6,18H2,1-5H3,(H,32,35)(H,33,37)(H,34,36). The molecule has 2 bridgehead atoms. The van der Waals surface area contributed by atoms with Crippen LogP contribution in [0.25, 0.3) is 6.08 Å². The van der Waals surface area contributed by atoms with Crippen molar-refractivity contribution in [2.45, 2.75) is 64.8 Å². The van der Waals surface area contributed by atoms with Gasteiger partial charge in [0.25, 0.3) is 0 Å². The van der Waals surface area contributed by atoms with E-state index in [0.717, 1.165) is 17.5 Å². The fourth-order valence-corrected chi connectivity index (χ4v) is 4.49. The molecule has 2 aliphatic heterocycles. The van der Waals surface area contributed by atoms with Crippen LogP contribution < -0.4 is 26.0 Å². The highest BCUT2D eigenvalue weighted by molar-refractivity contribution is 5.94. The SMILES string of the molecule is CCC(C)C(NC)C(=O)NC1C(=O)NC(CC(C)C)C(=O)NC=Cc2ccc(cc2)OC1c1ccccc1. The number of carbonyl (C=O) groups is 3. The molecule has 0 spiro atoms. The van der Waals surface area contributed by atoms with Gasteiger partial charge in [-0.25, -0.2) is 0 Å². The summed E-state index contributed by atoms with van der Waals surface area (Å²) in [5, 5.41) is 11.7. The molecule has 38 heavy (non-hydrogen) atoms. The second kappa shape index (κ2) is 13.8. The minimum atomic E-state index is -1.11. The third kappa shape index (κ3) is 7.68.